The maximum absolute atomic E-state index is 12.0. The fraction of sp³-hybridized carbons (Fsp3) is 0.234. The van der Waals surface area contributed by atoms with E-state index in [4.69, 9.17) is 50.6 Å². The standard InChI is InChI=1S/C19H18N6O3.C14H16N2O3.C11H7N5O2.C11H9N5.C7H6N2.C6H15N.C4H2ClN3O2.C4H8O.CH2O3.2K.H/c1-19(2,3)15-8-16(24-28-15)23-18(26)27-12-9-20-17(21-10-12)25-11-22-13-6-4-5-7-14(13)25;1-14(2,3)11-9-12(16-19-11)15-13(17)18-10-7-5-4-6-8-10;17-16(18)8-5-12-11(13-6-8)15-7-14-9-3-1-2-4-10(9)15;12-8-5-13-11(14-6-8)16-7-15-9-3-1-2-4-10(9)16;1-2-4-7-6(3-1)8-5-9-7;1-4-7(5-2)6-3;5-4-6-1-3(2-7-4)8(9)10;1-2-4-5-3-1;2-1-4-3;;;/h4-11H,1-3H3,(H,23,24,26);4-9H,1-3H3,(H,15,16,17);1-7H;1-7H,12H2;1-5H,(H,8,9);4-6H2,1-3H3;1-2H;1-4H2;1,3H;;;/q;;;;;;;;;2*+1;-1/p-1. The summed E-state index contributed by atoms with van der Waals surface area (Å²) < 4.78 is 30.9. The van der Waals surface area contributed by atoms with Crippen molar-refractivity contribution in [1.82, 2.24) is 93.7 Å². The predicted octanol–water partition coefficient (Wildman–Crippen LogP) is 7.72. The molecule has 11 heterocycles. The van der Waals surface area contributed by atoms with E-state index in [1.54, 1.807) is 83.2 Å². The number of hydrogen-bond acceptors (Lipinski definition) is 30. The van der Waals surface area contributed by atoms with Gasteiger partial charge in [-0.25, -0.2) is 69.4 Å². The molecule has 5 N–H and O–H groups in total. The van der Waals surface area contributed by atoms with Gasteiger partial charge in [0.15, 0.2) is 17.4 Å². The summed E-state index contributed by atoms with van der Waals surface area (Å²) >= 11 is 5.27. The Balaban J connectivity index is 0.000000250. The summed E-state index contributed by atoms with van der Waals surface area (Å²) in [6.45, 7) is 23.9. The monoisotopic (exact) mass is 1680 g/mol. The summed E-state index contributed by atoms with van der Waals surface area (Å²) in [5.41, 5.74) is 12.8. The molecule has 5 aromatic carbocycles. The number of benzene rings is 5. The molecule has 0 spiro atoms. The molecule has 0 bridgehead atoms. The van der Waals surface area contributed by atoms with Crippen LogP contribution in [-0.2, 0) is 25.2 Å². The number of anilines is 3. The van der Waals surface area contributed by atoms with Crippen molar-refractivity contribution in [2.75, 3.05) is 49.2 Å². The normalized spacial score (nSPS) is 11.0. The molecule has 0 saturated carbocycles. The van der Waals surface area contributed by atoms with Gasteiger partial charge in [-0.2, -0.15) is 0 Å². The SMILES string of the molecule is C1CCOC1.CC(C)(C)c1cc(NC(=O)Oc2ccccc2)no1.CC(C)(C)c1cc(NC(=O)Oc2cnc(-n3cnc4ccccc43)nc2)no1.CCN(CC)CC.Nc1cnc(-n2cnc3ccccc32)nc1.O=CO[O-].O=[N+]([O-])c1cnc(-n2cnc3ccccc32)nc1.O=[N+]([O-])c1cnc(Cl)nc1.[H-].[K+].[K+].c1ccc2[nH]cnc2c1. The fourth-order valence-corrected chi connectivity index (χ4v) is 9.73. The summed E-state index contributed by atoms with van der Waals surface area (Å²) in [7, 11) is 0. The van der Waals surface area contributed by atoms with Crippen LogP contribution in [0.2, 0.25) is 5.28 Å². The molecule has 1 aliphatic heterocycles. The Hall–Kier alpha value is -11.2. The van der Waals surface area contributed by atoms with E-state index in [0.717, 1.165) is 69.7 Å². The Bertz CT molecular complexity index is 5490. The molecule has 0 unspecified atom stereocenters. The Labute approximate surface area is 766 Å². The Morgan fingerprint density at radius 2 is 0.907 bits per heavy atom. The summed E-state index contributed by atoms with van der Waals surface area (Å²) in [4.78, 5) is 108. The number of amides is 2. The average Bonchev–Trinajstić information content (AvgIpc) is 1.69. The van der Waals surface area contributed by atoms with Crippen LogP contribution >= 0.6 is 11.6 Å². The number of fused-ring (bicyclic) bond motifs is 4. The molecule has 118 heavy (non-hydrogen) atoms. The topological polar surface area (TPSA) is 488 Å². The number of carbonyl (C=O) groups is 3. The van der Waals surface area contributed by atoms with Crippen molar-refractivity contribution in [2.45, 2.75) is 86.0 Å². The fourth-order valence-electron chi connectivity index (χ4n) is 9.63. The van der Waals surface area contributed by atoms with Gasteiger partial charge in [0.2, 0.25) is 23.1 Å². The first-order chi connectivity index (χ1) is 55.9. The van der Waals surface area contributed by atoms with Gasteiger partial charge in [0.1, 0.15) is 61.0 Å². The average molecular weight is 1680 g/mol. The second-order valence-electron chi connectivity index (χ2n) is 25.9. The van der Waals surface area contributed by atoms with Gasteiger partial charge in [0.25, 0.3) is 6.47 Å². The van der Waals surface area contributed by atoms with Gasteiger partial charge < -0.3 is 50.4 Å². The molecule has 0 radical (unpaired) electrons. The second-order valence-corrected chi connectivity index (χ2v) is 26.2. The van der Waals surface area contributed by atoms with Crippen LogP contribution in [0.15, 0.2) is 223 Å². The van der Waals surface area contributed by atoms with Crippen LogP contribution < -0.4 is 134 Å². The van der Waals surface area contributed by atoms with Crippen LogP contribution in [0.1, 0.15) is 88.1 Å². The number of nitrogens with zero attached hydrogens (tertiary/aromatic N) is 20. The maximum atomic E-state index is 12.0. The summed E-state index contributed by atoms with van der Waals surface area (Å²) in [6, 6.07) is 43.1. The van der Waals surface area contributed by atoms with Crippen molar-refractivity contribution in [3.05, 3.63) is 251 Å². The van der Waals surface area contributed by atoms with Crippen molar-refractivity contribution < 1.29 is 162 Å². The molecule has 0 atom stereocenters. The first-order valence-corrected chi connectivity index (χ1v) is 35.9. The molecule has 15 aromatic rings. The third-order valence-electron chi connectivity index (χ3n) is 15.6. The van der Waals surface area contributed by atoms with E-state index in [2.05, 4.69) is 116 Å². The number of nitro groups is 2. The minimum absolute atomic E-state index is 0. The zero-order valence-corrected chi connectivity index (χ0v) is 73.4. The number of carbonyl (C=O) groups excluding carboxylic acids is 3. The van der Waals surface area contributed by atoms with Gasteiger partial charge in [0, 0.05) is 36.2 Å². The van der Waals surface area contributed by atoms with E-state index < -0.39 is 22.0 Å². The predicted molar refractivity (Wildman–Crippen MR) is 429 cm³/mol. The smallest absolute Gasteiger partial charge is 1.00 e. The van der Waals surface area contributed by atoms with Crippen molar-refractivity contribution in [3.63, 3.8) is 0 Å². The maximum Gasteiger partial charge on any atom is 1.00 e. The van der Waals surface area contributed by atoms with Crippen LogP contribution in [0.25, 0.3) is 62.0 Å². The number of ether oxygens (including phenoxy) is 3. The molecule has 1 fully saturated rings. The van der Waals surface area contributed by atoms with E-state index in [1.165, 1.54) is 57.3 Å². The number of nitrogen functional groups attached to an aromatic ring is 1. The van der Waals surface area contributed by atoms with Gasteiger partial charge in [-0.05, 0) is 105 Å². The van der Waals surface area contributed by atoms with Gasteiger partial charge in [0.05, 0.1) is 90.8 Å². The molecule has 10 aromatic heterocycles. The number of hydrogen-bond donors (Lipinski definition) is 4. The minimum atomic E-state index is -0.710. The summed E-state index contributed by atoms with van der Waals surface area (Å²) in [6.07, 6.45) is 18.3. The molecular formula is C77H83ClK2N24O14. The third-order valence-corrected chi connectivity index (χ3v) is 15.8. The molecule has 0 aliphatic carbocycles. The third kappa shape index (κ3) is 30.7. The van der Waals surface area contributed by atoms with Gasteiger partial charge >= 0.3 is 126 Å². The molecule has 2 amide bonds. The van der Waals surface area contributed by atoms with Crippen molar-refractivity contribution in [2.24, 2.45) is 0 Å². The second kappa shape index (κ2) is 49.1. The van der Waals surface area contributed by atoms with Crippen molar-refractivity contribution in [3.8, 4) is 29.3 Å². The minimum Gasteiger partial charge on any atom is -1.00 e. The largest absolute Gasteiger partial charge is 1.00 e. The van der Waals surface area contributed by atoms with Gasteiger partial charge in [-0.3, -0.25) is 49.4 Å². The van der Waals surface area contributed by atoms with Gasteiger partial charge in [-0.15, -0.1) is 0 Å². The quantitative estimate of drug-likeness (QED) is 0.0214. The number of aromatic amines is 1. The Morgan fingerprint density at radius 1 is 0.542 bits per heavy atom. The molecule has 41 heteroatoms. The van der Waals surface area contributed by atoms with Crippen LogP contribution in [0.4, 0.5) is 38.3 Å². The number of nitrogens with one attached hydrogen (secondary N) is 3. The summed E-state index contributed by atoms with van der Waals surface area (Å²) in [5, 5.41) is 41.6. The number of halogens is 1. The zero-order chi connectivity index (χ0) is 83.4. The molecular weight excluding hydrogens is 1600 g/mol. The molecule has 1 saturated heterocycles. The van der Waals surface area contributed by atoms with E-state index >= 15 is 0 Å². The zero-order valence-electron chi connectivity index (χ0n) is 67.3. The van der Waals surface area contributed by atoms with Crippen LogP contribution in [0, 0.1) is 20.2 Å². The molecule has 1 aliphatic rings. The van der Waals surface area contributed by atoms with E-state index in [-0.39, 0.29) is 150 Å². The van der Waals surface area contributed by atoms with Crippen molar-refractivity contribution >= 4 is 103 Å². The van der Waals surface area contributed by atoms with Crippen molar-refractivity contribution in [1.29, 1.82) is 0 Å². The number of rotatable bonds is 13. The molecule has 38 nitrogen and oxygen atoms in total. The van der Waals surface area contributed by atoms with E-state index in [9.17, 15) is 29.8 Å². The first kappa shape index (κ1) is 95.6. The van der Waals surface area contributed by atoms with Crippen LogP contribution in [-0.4, -0.2) is 155 Å². The van der Waals surface area contributed by atoms with E-state index in [1.807, 2.05) is 149 Å². The number of aromatic nitrogens is 18. The molecule has 16 rings (SSSR count). The number of imidazole rings is 4. The number of nitrogens with two attached hydrogens (primary N) is 1. The van der Waals surface area contributed by atoms with Crippen LogP contribution in [0.5, 0.6) is 11.5 Å². The summed E-state index contributed by atoms with van der Waals surface area (Å²) in [5.74, 6) is 3.99. The van der Waals surface area contributed by atoms with Crippen LogP contribution in [0.3, 0.4) is 0 Å². The number of para-hydroxylation sites is 9. The van der Waals surface area contributed by atoms with Gasteiger partial charge in [-0.1, -0.05) is 139 Å². The first-order valence-electron chi connectivity index (χ1n) is 35.5. The van der Waals surface area contributed by atoms with E-state index in [0.29, 0.717) is 46.6 Å². The number of H-pyrrole nitrogens is 1. The Kier molecular flexibility index (Phi) is 39.8. The molecule has 604 valence electrons. The Morgan fingerprint density at radius 3 is 1.26 bits per heavy atom.